The first-order chi connectivity index (χ1) is 9.20. The molecule has 3 rings (SSSR count). The lowest BCUT2D eigenvalue weighted by Gasteiger charge is -2.10. The van der Waals surface area contributed by atoms with Gasteiger partial charge in [-0.1, -0.05) is 0 Å². The molecule has 3 nitrogen and oxygen atoms in total. The quantitative estimate of drug-likeness (QED) is 0.493. The lowest BCUT2D eigenvalue weighted by atomic mass is 10.3. The minimum Gasteiger partial charge on any atom is -0.294 e. The second-order valence-electron chi connectivity index (χ2n) is 3.96. The molecular formula is C13H8ClFIN3. The highest BCUT2D eigenvalue weighted by Gasteiger charge is 2.14. The first-order valence-electron chi connectivity index (χ1n) is 5.53. The van der Waals surface area contributed by atoms with E-state index >= 15 is 0 Å². The van der Waals surface area contributed by atoms with Crippen LogP contribution in [-0.4, -0.2) is 14.5 Å². The molecule has 0 atom stereocenters. The number of pyridine rings is 1. The number of nitrogens with zero attached hydrogens (tertiary/aromatic N) is 3. The molecule has 0 aliphatic rings. The largest absolute Gasteiger partial charge is 0.294 e. The first kappa shape index (κ1) is 12.8. The first-order valence-corrected chi connectivity index (χ1v) is 7.15. The van der Waals surface area contributed by atoms with Crippen LogP contribution in [0.15, 0.2) is 36.7 Å². The number of hydrogen-bond donors (Lipinski definition) is 0. The van der Waals surface area contributed by atoms with E-state index in [0.29, 0.717) is 5.82 Å². The highest BCUT2D eigenvalue weighted by molar-refractivity contribution is 14.1. The number of imidazole rings is 1. The van der Waals surface area contributed by atoms with Gasteiger partial charge < -0.3 is 0 Å². The molecule has 96 valence electrons. The summed E-state index contributed by atoms with van der Waals surface area (Å²) in [6.07, 6.45) is 3.40. The van der Waals surface area contributed by atoms with Crippen molar-refractivity contribution in [3.63, 3.8) is 0 Å². The summed E-state index contributed by atoms with van der Waals surface area (Å²) in [4.78, 5) is 8.49. The van der Waals surface area contributed by atoms with Gasteiger partial charge in [-0.15, -0.1) is 11.6 Å². The highest BCUT2D eigenvalue weighted by Crippen LogP contribution is 2.25. The molecule has 1 aromatic carbocycles. The fraction of sp³-hybridized carbons (Fsp3) is 0.0769. The molecule has 0 amide bonds. The van der Waals surface area contributed by atoms with E-state index in [1.54, 1.807) is 18.5 Å². The number of aromatic nitrogens is 3. The molecule has 0 unspecified atom stereocenters. The van der Waals surface area contributed by atoms with Crippen molar-refractivity contribution in [1.82, 2.24) is 14.5 Å². The van der Waals surface area contributed by atoms with Crippen LogP contribution in [-0.2, 0) is 5.88 Å². The SMILES string of the molecule is Fc1ccc(-n2c(CCl)nc3cnccc32)c(I)c1. The fourth-order valence-corrected chi connectivity index (χ4v) is 2.90. The molecule has 0 aliphatic carbocycles. The molecule has 0 bridgehead atoms. The average Bonchev–Trinajstić information content (AvgIpc) is 2.77. The Hall–Kier alpha value is -1.21. The van der Waals surface area contributed by atoms with Gasteiger partial charge in [-0.2, -0.15) is 0 Å². The zero-order chi connectivity index (χ0) is 13.4. The normalized spacial score (nSPS) is 11.1. The van der Waals surface area contributed by atoms with Gasteiger partial charge in [-0.05, 0) is 46.9 Å². The molecular weight excluding hydrogens is 380 g/mol. The maximum Gasteiger partial charge on any atom is 0.129 e. The average molecular weight is 388 g/mol. The van der Waals surface area contributed by atoms with E-state index in [1.807, 2.05) is 10.6 Å². The van der Waals surface area contributed by atoms with Crippen molar-refractivity contribution in [2.75, 3.05) is 0 Å². The molecule has 2 heterocycles. The molecule has 0 saturated heterocycles. The Morgan fingerprint density at radius 1 is 1.32 bits per heavy atom. The minimum absolute atomic E-state index is 0.258. The Morgan fingerprint density at radius 2 is 2.16 bits per heavy atom. The van der Waals surface area contributed by atoms with Crippen LogP contribution in [0.5, 0.6) is 0 Å². The van der Waals surface area contributed by atoms with E-state index in [-0.39, 0.29) is 11.7 Å². The van der Waals surface area contributed by atoms with E-state index < -0.39 is 0 Å². The number of halogens is 3. The summed E-state index contributed by atoms with van der Waals surface area (Å²) in [5.74, 6) is 0.739. The monoisotopic (exact) mass is 387 g/mol. The Morgan fingerprint density at radius 3 is 2.89 bits per heavy atom. The van der Waals surface area contributed by atoms with Crippen LogP contribution in [0.2, 0.25) is 0 Å². The van der Waals surface area contributed by atoms with Crippen LogP contribution < -0.4 is 0 Å². The summed E-state index contributed by atoms with van der Waals surface area (Å²) in [6.45, 7) is 0. The molecule has 0 fully saturated rings. The molecule has 0 radical (unpaired) electrons. The molecule has 0 spiro atoms. The summed E-state index contributed by atoms with van der Waals surface area (Å²) in [5, 5.41) is 0. The van der Waals surface area contributed by atoms with Gasteiger partial charge in [0.05, 0.1) is 23.3 Å². The van der Waals surface area contributed by atoms with Crippen molar-refractivity contribution in [3.8, 4) is 5.69 Å². The summed E-state index contributed by atoms with van der Waals surface area (Å²) >= 11 is 8.06. The van der Waals surface area contributed by atoms with E-state index in [9.17, 15) is 4.39 Å². The maximum absolute atomic E-state index is 13.2. The summed E-state index contributed by atoms with van der Waals surface area (Å²) in [6, 6.07) is 6.52. The molecule has 0 N–H and O–H groups in total. The fourth-order valence-electron chi connectivity index (χ4n) is 2.00. The van der Waals surface area contributed by atoms with Gasteiger partial charge in [0.25, 0.3) is 0 Å². The van der Waals surface area contributed by atoms with Gasteiger partial charge in [0, 0.05) is 9.77 Å². The number of benzene rings is 1. The van der Waals surface area contributed by atoms with Crippen molar-refractivity contribution in [2.24, 2.45) is 0 Å². The van der Waals surface area contributed by atoms with E-state index in [0.717, 1.165) is 20.3 Å². The van der Waals surface area contributed by atoms with Gasteiger partial charge in [0.1, 0.15) is 17.2 Å². The third-order valence-corrected chi connectivity index (χ3v) is 3.90. The van der Waals surface area contributed by atoms with Crippen LogP contribution in [0.25, 0.3) is 16.7 Å². The minimum atomic E-state index is -0.258. The smallest absolute Gasteiger partial charge is 0.129 e. The van der Waals surface area contributed by atoms with Crippen LogP contribution in [0.3, 0.4) is 0 Å². The third kappa shape index (κ3) is 2.21. The van der Waals surface area contributed by atoms with Gasteiger partial charge in [-0.3, -0.25) is 9.55 Å². The van der Waals surface area contributed by atoms with Gasteiger partial charge in [-0.25, -0.2) is 9.37 Å². The Kier molecular flexibility index (Phi) is 3.40. The highest BCUT2D eigenvalue weighted by atomic mass is 127. The van der Waals surface area contributed by atoms with E-state index in [2.05, 4.69) is 32.6 Å². The number of hydrogen-bond acceptors (Lipinski definition) is 2. The van der Waals surface area contributed by atoms with Crippen molar-refractivity contribution in [1.29, 1.82) is 0 Å². The summed E-state index contributed by atoms with van der Waals surface area (Å²) in [7, 11) is 0. The van der Waals surface area contributed by atoms with E-state index in [1.165, 1.54) is 12.1 Å². The Labute approximate surface area is 127 Å². The lowest BCUT2D eigenvalue weighted by Crippen LogP contribution is -2.02. The van der Waals surface area contributed by atoms with E-state index in [4.69, 9.17) is 11.6 Å². The molecule has 6 heteroatoms. The predicted molar refractivity (Wildman–Crippen MR) is 81.1 cm³/mol. The number of fused-ring (bicyclic) bond motifs is 1. The topological polar surface area (TPSA) is 30.7 Å². The van der Waals surface area contributed by atoms with Gasteiger partial charge >= 0.3 is 0 Å². The molecule has 0 aliphatic heterocycles. The van der Waals surface area contributed by atoms with Crippen LogP contribution in [0.4, 0.5) is 4.39 Å². The Balaban J connectivity index is 2.34. The Bertz CT molecular complexity index is 757. The standard InChI is InChI=1S/C13H8ClFIN3/c14-6-13-18-10-7-17-4-3-12(10)19(13)11-2-1-8(15)5-9(11)16/h1-5,7H,6H2. The van der Waals surface area contributed by atoms with Crippen molar-refractivity contribution >= 4 is 45.2 Å². The predicted octanol–water partition coefficient (Wildman–Crippen LogP) is 3.90. The van der Waals surface area contributed by atoms with Crippen molar-refractivity contribution in [3.05, 3.63) is 51.9 Å². The van der Waals surface area contributed by atoms with Crippen molar-refractivity contribution < 1.29 is 4.39 Å². The molecule has 19 heavy (non-hydrogen) atoms. The molecule has 2 aromatic heterocycles. The number of rotatable bonds is 2. The second kappa shape index (κ2) is 5.05. The lowest BCUT2D eigenvalue weighted by molar-refractivity contribution is 0.626. The van der Waals surface area contributed by atoms with Crippen LogP contribution in [0, 0.1) is 9.39 Å². The molecule has 3 aromatic rings. The van der Waals surface area contributed by atoms with Gasteiger partial charge in [0.2, 0.25) is 0 Å². The number of alkyl halides is 1. The molecule has 0 saturated carbocycles. The summed E-state index contributed by atoms with van der Waals surface area (Å²) < 4.78 is 16.0. The zero-order valence-corrected chi connectivity index (χ0v) is 12.6. The van der Waals surface area contributed by atoms with Gasteiger partial charge in [0.15, 0.2) is 0 Å². The second-order valence-corrected chi connectivity index (χ2v) is 5.39. The third-order valence-electron chi connectivity index (χ3n) is 2.80. The van der Waals surface area contributed by atoms with Crippen LogP contribution >= 0.6 is 34.2 Å². The van der Waals surface area contributed by atoms with Crippen molar-refractivity contribution in [2.45, 2.75) is 5.88 Å². The zero-order valence-electron chi connectivity index (χ0n) is 9.65. The van der Waals surface area contributed by atoms with Crippen LogP contribution in [0.1, 0.15) is 5.82 Å². The summed E-state index contributed by atoms with van der Waals surface area (Å²) in [5.41, 5.74) is 2.56. The maximum atomic E-state index is 13.2.